The highest BCUT2D eigenvalue weighted by Crippen LogP contribution is 2.14. The Balaban J connectivity index is 1.86. The number of nitrogens with zero attached hydrogens (tertiary/aromatic N) is 2. The highest BCUT2D eigenvalue weighted by molar-refractivity contribution is 5.11. The van der Waals surface area contributed by atoms with Crippen LogP contribution < -0.4 is 5.32 Å². The van der Waals surface area contributed by atoms with Gasteiger partial charge in [0.15, 0.2) is 0 Å². The van der Waals surface area contributed by atoms with Crippen LogP contribution in [0.15, 0.2) is 18.3 Å². The molecule has 0 bridgehead atoms. The molecule has 0 radical (unpaired) electrons. The molecule has 2 rings (SSSR count). The number of rotatable bonds is 7. The first-order chi connectivity index (χ1) is 8.81. The van der Waals surface area contributed by atoms with Crippen molar-refractivity contribution in [2.24, 2.45) is 0 Å². The topological polar surface area (TPSA) is 20.2 Å². The summed E-state index contributed by atoms with van der Waals surface area (Å²) in [5.41, 5.74) is 1.42. The van der Waals surface area contributed by atoms with Gasteiger partial charge in [-0.2, -0.15) is 0 Å². The molecule has 102 valence electrons. The van der Waals surface area contributed by atoms with Gasteiger partial charge in [0.1, 0.15) is 0 Å². The summed E-state index contributed by atoms with van der Waals surface area (Å²) in [6.07, 6.45) is 6.17. The first-order valence-corrected chi connectivity index (χ1v) is 7.42. The van der Waals surface area contributed by atoms with Crippen LogP contribution in [0.25, 0.3) is 0 Å². The number of hydrogen-bond acceptors (Lipinski definition) is 2. The van der Waals surface area contributed by atoms with Crippen LogP contribution in [0, 0.1) is 0 Å². The Labute approximate surface area is 111 Å². The second kappa shape index (κ2) is 6.95. The highest BCUT2D eigenvalue weighted by Gasteiger charge is 2.13. The molecule has 0 aliphatic carbocycles. The fourth-order valence-electron chi connectivity index (χ4n) is 2.74. The molecule has 3 nitrogen and oxygen atoms in total. The van der Waals surface area contributed by atoms with Gasteiger partial charge in [-0.25, -0.2) is 0 Å². The van der Waals surface area contributed by atoms with Crippen molar-refractivity contribution in [1.29, 1.82) is 0 Å². The maximum absolute atomic E-state index is 3.57. The zero-order valence-corrected chi connectivity index (χ0v) is 11.9. The third kappa shape index (κ3) is 3.59. The van der Waals surface area contributed by atoms with Crippen LogP contribution in [-0.4, -0.2) is 35.6 Å². The van der Waals surface area contributed by atoms with Gasteiger partial charge in [-0.05, 0) is 58.0 Å². The molecule has 1 aromatic heterocycles. The van der Waals surface area contributed by atoms with E-state index < -0.39 is 0 Å². The third-order valence-electron chi connectivity index (χ3n) is 3.86. The number of nitrogens with one attached hydrogen (secondary N) is 1. The van der Waals surface area contributed by atoms with Crippen LogP contribution in [0.3, 0.4) is 0 Å². The predicted molar refractivity (Wildman–Crippen MR) is 76.8 cm³/mol. The number of likely N-dealkylation sites (tertiary alicyclic amines) is 1. The van der Waals surface area contributed by atoms with Crippen molar-refractivity contribution in [3.8, 4) is 0 Å². The van der Waals surface area contributed by atoms with Gasteiger partial charge in [0, 0.05) is 31.0 Å². The summed E-state index contributed by atoms with van der Waals surface area (Å²) in [4.78, 5) is 2.58. The summed E-state index contributed by atoms with van der Waals surface area (Å²) in [7, 11) is 0. The normalized spacial score (nSPS) is 18.3. The lowest BCUT2D eigenvalue weighted by Crippen LogP contribution is -2.26. The highest BCUT2D eigenvalue weighted by atomic mass is 15.2. The van der Waals surface area contributed by atoms with Crippen molar-refractivity contribution < 1.29 is 0 Å². The van der Waals surface area contributed by atoms with E-state index in [4.69, 9.17) is 0 Å². The third-order valence-corrected chi connectivity index (χ3v) is 3.86. The molecule has 1 unspecified atom stereocenters. The SMILES string of the molecule is CCCNC(C)c1cccn1CCN1CCCC1. The smallest absolute Gasteiger partial charge is 0.0446 e. The summed E-state index contributed by atoms with van der Waals surface area (Å²) >= 11 is 0. The molecule has 1 N–H and O–H groups in total. The Kier molecular flexibility index (Phi) is 5.26. The molecule has 2 heterocycles. The second-order valence-corrected chi connectivity index (χ2v) is 5.35. The molecule has 3 heteroatoms. The van der Waals surface area contributed by atoms with Gasteiger partial charge < -0.3 is 14.8 Å². The average Bonchev–Trinajstić information content (AvgIpc) is 3.03. The summed E-state index contributed by atoms with van der Waals surface area (Å²) in [6.45, 7) is 10.5. The lowest BCUT2D eigenvalue weighted by Gasteiger charge is -2.20. The predicted octanol–water partition coefficient (Wildman–Crippen LogP) is 2.64. The van der Waals surface area contributed by atoms with Crippen LogP contribution in [-0.2, 0) is 6.54 Å². The first-order valence-electron chi connectivity index (χ1n) is 7.42. The molecule has 1 atom stereocenters. The summed E-state index contributed by atoms with van der Waals surface area (Å²) in [6, 6.07) is 4.87. The minimum absolute atomic E-state index is 0.457. The second-order valence-electron chi connectivity index (χ2n) is 5.35. The molecule has 0 spiro atoms. The van der Waals surface area contributed by atoms with E-state index in [0.717, 1.165) is 13.1 Å². The van der Waals surface area contributed by atoms with Crippen molar-refractivity contribution in [2.45, 2.75) is 45.7 Å². The number of aromatic nitrogens is 1. The summed E-state index contributed by atoms with van der Waals surface area (Å²) in [5, 5.41) is 3.57. The van der Waals surface area contributed by atoms with Crippen LogP contribution in [0.2, 0.25) is 0 Å². The molecule has 0 aromatic carbocycles. The Morgan fingerprint density at radius 1 is 1.28 bits per heavy atom. The van der Waals surface area contributed by atoms with Crippen LogP contribution in [0.4, 0.5) is 0 Å². The fourth-order valence-corrected chi connectivity index (χ4v) is 2.74. The van der Waals surface area contributed by atoms with E-state index in [1.54, 1.807) is 0 Å². The molecule has 0 saturated carbocycles. The quantitative estimate of drug-likeness (QED) is 0.801. The zero-order valence-electron chi connectivity index (χ0n) is 11.9. The minimum atomic E-state index is 0.457. The van der Waals surface area contributed by atoms with Gasteiger partial charge in [0.25, 0.3) is 0 Å². The van der Waals surface area contributed by atoms with Gasteiger partial charge in [0.05, 0.1) is 0 Å². The zero-order chi connectivity index (χ0) is 12.8. The Hall–Kier alpha value is -0.800. The average molecular weight is 249 g/mol. The Morgan fingerprint density at radius 3 is 2.78 bits per heavy atom. The first kappa shape index (κ1) is 13.6. The summed E-state index contributed by atoms with van der Waals surface area (Å²) in [5.74, 6) is 0. The van der Waals surface area contributed by atoms with Gasteiger partial charge in [0.2, 0.25) is 0 Å². The summed E-state index contributed by atoms with van der Waals surface area (Å²) < 4.78 is 2.41. The van der Waals surface area contributed by atoms with Gasteiger partial charge in [-0.3, -0.25) is 0 Å². The maximum atomic E-state index is 3.57. The largest absolute Gasteiger partial charge is 0.349 e. The van der Waals surface area contributed by atoms with E-state index in [9.17, 15) is 0 Å². The molecular weight excluding hydrogens is 222 g/mol. The van der Waals surface area contributed by atoms with E-state index >= 15 is 0 Å². The number of hydrogen-bond donors (Lipinski definition) is 1. The van der Waals surface area contributed by atoms with Crippen molar-refractivity contribution in [2.75, 3.05) is 26.2 Å². The van der Waals surface area contributed by atoms with Crippen molar-refractivity contribution in [1.82, 2.24) is 14.8 Å². The van der Waals surface area contributed by atoms with E-state index in [1.807, 2.05) is 0 Å². The molecule has 1 aromatic rings. The van der Waals surface area contributed by atoms with E-state index in [2.05, 4.69) is 47.0 Å². The van der Waals surface area contributed by atoms with Crippen LogP contribution >= 0.6 is 0 Å². The van der Waals surface area contributed by atoms with Crippen molar-refractivity contribution >= 4 is 0 Å². The molecule has 1 aliphatic heterocycles. The standard InChI is InChI=1S/C15H27N3/c1-3-8-16-14(2)15-7-6-11-18(15)13-12-17-9-4-5-10-17/h6-7,11,14,16H,3-5,8-10,12-13H2,1-2H3. The maximum Gasteiger partial charge on any atom is 0.0446 e. The van der Waals surface area contributed by atoms with Crippen LogP contribution in [0.5, 0.6) is 0 Å². The molecular formula is C15H27N3. The van der Waals surface area contributed by atoms with Crippen LogP contribution in [0.1, 0.15) is 44.8 Å². The Morgan fingerprint density at radius 2 is 2.06 bits per heavy atom. The van der Waals surface area contributed by atoms with Gasteiger partial charge in [-0.1, -0.05) is 6.92 Å². The lowest BCUT2D eigenvalue weighted by molar-refractivity contribution is 0.319. The molecule has 18 heavy (non-hydrogen) atoms. The van der Waals surface area contributed by atoms with Gasteiger partial charge >= 0.3 is 0 Å². The monoisotopic (exact) mass is 249 g/mol. The lowest BCUT2D eigenvalue weighted by atomic mass is 10.2. The van der Waals surface area contributed by atoms with Crippen molar-refractivity contribution in [3.05, 3.63) is 24.0 Å². The minimum Gasteiger partial charge on any atom is -0.349 e. The van der Waals surface area contributed by atoms with Gasteiger partial charge in [-0.15, -0.1) is 0 Å². The fraction of sp³-hybridized carbons (Fsp3) is 0.733. The molecule has 1 aliphatic rings. The van der Waals surface area contributed by atoms with E-state index in [1.165, 1.54) is 44.6 Å². The molecule has 0 amide bonds. The molecule has 1 saturated heterocycles. The molecule has 1 fully saturated rings. The van der Waals surface area contributed by atoms with E-state index in [0.29, 0.717) is 6.04 Å². The van der Waals surface area contributed by atoms with Crippen molar-refractivity contribution in [3.63, 3.8) is 0 Å². The van der Waals surface area contributed by atoms with E-state index in [-0.39, 0.29) is 0 Å². The Bertz CT molecular complexity index is 339.